The highest BCUT2D eigenvalue weighted by Crippen LogP contribution is 2.27. The SMILES string of the molecule is Cc1ccc(C(C)C)c(OCCCCn2c(CCNC(=O)c3cccs3)nc3ccccc32)c1. The predicted octanol–water partition coefficient (Wildman–Crippen LogP) is 6.36. The van der Waals surface area contributed by atoms with Gasteiger partial charge in [0.15, 0.2) is 0 Å². The Labute approximate surface area is 205 Å². The first-order chi connectivity index (χ1) is 16.5. The minimum Gasteiger partial charge on any atom is -0.493 e. The van der Waals surface area contributed by atoms with Crippen LogP contribution in [0.3, 0.4) is 0 Å². The largest absolute Gasteiger partial charge is 0.493 e. The molecule has 6 heteroatoms. The Balaban J connectivity index is 1.34. The molecule has 1 N–H and O–H groups in total. The molecule has 4 rings (SSSR count). The number of nitrogens with zero attached hydrogens (tertiary/aromatic N) is 2. The van der Waals surface area contributed by atoms with Crippen molar-refractivity contribution in [3.63, 3.8) is 0 Å². The number of nitrogens with one attached hydrogen (secondary N) is 1. The van der Waals surface area contributed by atoms with E-state index in [1.54, 1.807) is 0 Å². The number of aromatic nitrogens is 2. The van der Waals surface area contributed by atoms with Crippen molar-refractivity contribution in [2.75, 3.05) is 13.2 Å². The highest BCUT2D eigenvalue weighted by molar-refractivity contribution is 7.12. The van der Waals surface area contributed by atoms with Crippen LogP contribution in [-0.4, -0.2) is 28.6 Å². The van der Waals surface area contributed by atoms with Gasteiger partial charge >= 0.3 is 0 Å². The number of ether oxygens (including phenoxy) is 1. The van der Waals surface area contributed by atoms with Gasteiger partial charge in [-0.1, -0.05) is 44.2 Å². The van der Waals surface area contributed by atoms with Gasteiger partial charge in [-0.15, -0.1) is 11.3 Å². The molecular weight excluding hydrogens is 442 g/mol. The second-order valence-corrected chi connectivity index (χ2v) is 9.85. The fraction of sp³-hybridized carbons (Fsp3) is 0.357. The molecule has 4 aromatic rings. The summed E-state index contributed by atoms with van der Waals surface area (Å²) in [6, 6.07) is 18.4. The summed E-state index contributed by atoms with van der Waals surface area (Å²) < 4.78 is 8.46. The Morgan fingerprint density at radius 3 is 2.76 bits per heavy atom. The first-order valence-electron chi connectivity index (χ1n) is 12.0. The normalized spacial score (nSPS) is 11.3. The summed E-state index contributed by atoms with van der Waals surface area (Å²) in [4.78, 5) is 17.8. The van der Waals surface area contributed by atoms with E-state index in [4.69, 9.17) is 9.72 Å². The molecule has 2 aromatic carbocycles. The van der Waals surface area contributed by atoms with Crippen molar-refractivity contribution < 1.29 is 9.53 Å². The maximum absolute atomic E-state index is 12.3. The van der Waals surface area contributed by atoms with Gasteiger partial charge in [-0.3, -0.25) is 4.79 Å². The van der Waals surface area contributed by atoms with E-state index in [-0.39, 0.29) is 5.91 Å². The molecule has 0 unspecified atom stereocenters. The number of hydrogen-bond donors (Lipinski definition) is 1. The van der Waals surface area contributed by atoms with E-state index in [2.05, 4.69) is 61.0 Å². The van der Waals surface area contributed by atoms with Gasteiger partial charge in [0.05, 0.1) is 22.5 Å². The van der Waals surface area contributed by atoms with Crippen molar-refractivity contribution in [3.05, 3.63) is 81.8 Å². The number of imidazole rings is 1. The van der Waals surface area contributed by atoms with E-state index in [1.807, 2.05) is 29.6 Å². The Kier molecular flexibility index (Phi) is 8.01. The molecule has 5 nitrogen and oxygen atoms in total. The molecule has 178 valence electrons. The number of unbranched alkanes of at least 4 members (excludes halogenated alkanes) is 1. The summed E-state index contributed by atoms with van der Waals surface area (Å²) in [6.45, 7) is 8.64. The van der Waals surface area contributed by atoms with E-state index in [9.17, 15) is 4.79 Å². The number of rotatable bonds is 11. The quantitative estimate of drug-likeness (QED) is 0.257. The number of benzene rings is 2. The van der Waals surface area contributed by atoms with Gasteiger partial charge in [-0.2, -0.15) is 0 Å². The number of carbonyl (C=O) groups is 1. The second kappa shape index (κ2) is 11.3. The zero-order chi connectivity index (χ0) is 23.9. The molecule has 0 aliphatic heterocycles. The van der Waals surface area contributed by atoms with Crippen LogP contribution in [0.25, 0.3) is 11.0 Å². The first kappa shape index (κ1) is 24.0. The van der Waals surface area contributed by atoms with Crippen molar-refractivity contribution in [2.45, 2.75) is 52.5 Å². The Hall–Kier alpha value is -3.12. The standard InChI is InChI=1S/C28H33N3O2S/c1-20(2)22-13-12-21(3)19-25(22)33-17-7-6-16-31-24-10-5-4-9-23(24)30-27(31)14-15-29-28(32)26-11-8-18-34-26/h4-5,8-13,18-20H,6-7,14-17H2,1-3H3,(H,29,32). The Bertz CT molecular complexity index is 1230. The molecule has 2 aromatic heterocycles. The van der Waals surface area contributed by atoms with Crippen molar-refractivity contribution in [1.82, 2.24) is 14.9 Å². The molecule has 0 spiro atoms. The van der Waals surface area contributed by atoms with Crippen molar-refractivity contribution in [1.29, 1.82) is 0 Å². The number of hydrogen-bond acceptors (Lipinski definition) is 4. The molecule has 0 atom stereocenters. The fourth-order valence-electron chi connectivity index (χ4n) is 4.15. The third-order valence-electron chi connectivity index (χ3n) is 5.94. The lowest BCUT2D eigenvalue weighted by Gasteiger charge is -2.15. The highest BCUT2D eigenvalue weighted by atomic mass is 32.1. The molecule has 34 heavy (non-hydrogen) atoms. The molecule has 0 aliphatic carbocycles. The number of aryl methyl sites for hydroxylation is 2. The van der Waals surface area contributed by atoms with Crippen LogP contribution in [0, 0.1) is 6.92 Å². The molecular formula is C28H33N3O2S. The molecule has 0 bridgehead atoms. The minimum absolute atomic E-state index is 0.0216. The number of carbonyl (C=O) groups excluding carboxylic acids is 1. The summed E-state index contributed by atoms with van der Waals surface area (Å²) >= 11 is 1.46. The van der Waals surface area contributed by atoms with Gasteiger partial charge in [0, 0.05) is 19.5 Å². The van der Waals surface area contributed by atoms with Crippen LogP contribution in [-0.2, 0) is 13.0 Å². The summed E-state index contributed by atoms with van der Waals surface area (Å²) in [5.41, 5.74) is 4.63. The maximum atomic E-state index is 12.3. The number of thiophene rings is 1. The van der Waals surface area contributed by atoms with Gasteiger partial charge in [-0.05, 0) is 66.5 Å². The number of fused-ring (bicyclic) bond motifs is 1. The summed E-state index contributed by atoms with van der Waals surface area (Å²) in [5.74, 6) is 2.43. The smallest absolute Gasteiger partial charge is 0.261 e. The van der Waals surface area contributed by atoms with Crippen LogP contribution in [0.15, 0.2) is 60.0 Å². The van der Waals surface area contributed by atoms with Gasteiger partial charge < -0.3 is 14.6 Å². The van der Waals surface area contributed by atoms with Crippen LogP contribution in [0.1, 0.15) is 59.2 Å². The lowest BCUT2D eigenvalue weighted by molar-refractivity contribution is 0.0958. The van der Waals surface area contributed by atoms with E-state index >= 15 is 0 Å². The molecule has 2 heterocycles. The summed E-state index contributed by atoms with van der Waals surface area (Å²) in [5, 5.41) is 4.93. The van der Waals surface area contributed by atoms with Crippen molar-refractivity contribution in [2.24, 2.45) is 0 Å². The maximum Gasteiger partial charge on any atom is 0.261 e. The van der Waals surface area contributed by atoms with Gasteiger partial charge in [-0.25, -0.2) is 4.98 Å². The van der Waals surface area contributed by atoms with Crippen LogP contribution < -0.4 is 10.1 Å². The third kappa shape index (κ3) is 5.86. The van der Waals surface area contributed by atoms with E-state index < -0.39 is 0 Å². The highest BCUT2D eigenvalue weighted by Gasteiger charge is 2.12. The molecule has 0 saturated heterocycles. The molecule has 0 radical (unpaired) electrons. The monoisotopic (exact) mass is 475 g/mol. The van der Waals surface area contributed by atoms with E-state index in [0.717, 1.165) is 46.9 Å². The van der Waals surface area contributed by atoms with E-state index in [0.29, 0.717) is 25.5 Å². The number of para-hydroxylation sites is 2. The molecule has 0 aliphatic rings. The van der Waals surface area contributed by atoms with Gasteiger partial charge in [0.25, 0.3) is 5.91 Å². The summed E-state index contributed by atoms with van der Waals surface area (Å²) in [7, 11) is 0. The fourth-order valence-corrected chi connectivity index (χ4v) is 4.79. The lowest BCUT2D eigenvalue weighted by Crippen LogP contribution is -2.25. The Morgan fingerprint density at radius 2 is 1.97 bits per heavy atom. The second-order valence-electron chi connectivity index (χ2n) is 8.90. The minimum atomic E-state index is -0.0216. The summed E-state index contributed by atoms with van der Waals surface area (Å²) in [6.07, 6.45) is 2.66. The predicted molar refractivity (Wildman–Crippen MR) is 140 cm³/mol. The average Bonchev–Trinajstić information content (AvgIpc) is 3.47. The van der Waals surface area contributed by atoms with Crippen LogP contribution in [0.5, 0.6) is 5.75 Å². The zero-order valence-electron chi connectivity index (χ0n) is 20.2. The number of amides is 1. The topological polar surface area (TPSA) is 56.1 Å². The van der Waals surface area contributed by atoms with Gasteiger partial charge in [0.2, 0.25) is 0 Å². The molecule has 1 amide bonds. The first-order valence-corrected chi connectivity index (χ1v) is 12.9. The van der Waals surface area contributed by atoms with Crippen LogP contribution >= 0.6 is 11.3 Å². The van der Waals surface area contributed by atoms with Crippen molar-refractivity contribution in [3.8, 4) is 5.75 Å². The lowest BCUT2D eigenvalue weighted by atomic mass is 10.0. The van der Waals surface area contributed by atoms with Gasteiger partial charge in [0.1, 0.15) is 11.6 Å². The van der Waals surface area contributed by atoms with Crippen LogP contribution in [0.4, 0.5) is 0 Å². The average molecular weight is 476 g/mol. The molecule has 0 fully saturated rings. The third-order valence-corrected chi connectivity index (χ3v) is 6.81. The van der Waals surface area contributed by atoms with Crippen LogP contribution in [0.2, 0.25) is 0 Å². The Morgan fingerprint density at radius 1 is 1.12 bits per heavy atom. The molecule has 0 saturated carbocycles. The van der Waals surface area contributed by atoms with Crippen molar-refractivity contribution >= 4 is 28.3 Å². The van der Waals surface area contributed by atoms with E-state index in [1.165, 1.54) is 22.5 Å². The zero-order valence-corrected chi connectivity index (χ0v) is 21.0.